The summed E-state index contributed by atoms with van der Waals surface area (Å²) >= 11 is 0. The van der Waals surface area contributed by atoms with Crippen LogP contribution in [0.2, 0.25) is 0 Å². The molecule has 0 saturated heterocycles. The van der Waals surface area contributed by atoms with Crippen LogP contribution in [0.5, 0.6) is 0 Å². The minimum atomic E-state index is 0.462. The Morgan fingerprint density at radius 3 is 2.25 bits per heavy atom. The van der Waals surface area contributed by atoms with Gasteiger partial charge in [0.1, 0.15) is 0 Å². The Morgan fingerprint density at radius 1 is 1.06 bits per heavy atom. The lowest BCUT2D eigenvalue weighted by Crippen LogP contribution is -2.28. The van der Waals surface area contributed by atoms with Gasteiger partial charge in [0.15, 0.2) is 0 Å². The van der Waals surface area contributed by atoms with Crippen LogP contribution < -0.4 is 0 Å². The first kappa shape index (κ1) is 15.3. The number of hydrogen-bond donors (Lipinski definition) is 0. The number of ether oxygens (including phenoxy) is 3. The highest BCUT2D eigenvalue weighted by atomic mass is 16.5. The molecule has 0 bridgehead atoms. The number of hydrogen-bond acceptors (Lipinski definition) is 5. The first-order chi connectivity index (χ1) is 7.85. The highest BCUT2D eigenvalue weighted by Crippen LogP contribution is 1.87. The van der Waals surface area contributed by atoms with Crippen LogP contribution in [0.4, 0.5) is 0 Å². The number of nitriles is 1. The Morgan fingerprint density at radius 2 is 1.69 bits per heavy atom. The minimum Gasteiger partial charge on any atom is -0.382 e. The Bertz CT molecular complexity index is 183. The van der Waals surface area contributed by atoms with Crippen LogP contribution in [0.3, 0.4) is 0 Å². The van der Waals surface area contributed by atoms with E-state index in [1.165, 1.54) is 0 Å². The third-order valence-corrected chi connectivity index (χ3v) is 2.10. The predicted molar refractivity (Wildman–Crippen MR) is 61.2 cm³/mol. The number of likely N-dealkylation sites (N-methyl/N-ethyl adjacent to an activating group) is 1. The van der Waals surface area contributed by atoms with Crippen LogP contribution >= 0.6 is 0 Å². The summed E-state index contributed by atoms with van der Waals surface area (Å²) in [4.78, 5) is 2.03. The molecule has 0 saturated carbocycles. The van der Waals surface area contributed by atoms with Gasteiger partial charge in [0, 0.05) is 13.7 Å². The molecule has 0 unspecified atom stereocenters. The second-order valence-corrected chi connectivity index (χ2v) is 3.24. The zero-order valence-corrected chi connectivity index (χ0v) is 10.3. The maximum absolute atomic E-state index is 8.53. The van der Waals surface area contributed by atoms with Crippen molar-refractivity contribution >= 4 is 0 Å². The van der Waals surface area contributed by atoms with E-state index in [0.717, 1.165) is 13.1 Å². The topological polar surface area (TPSA) is 54.7 Å². The van der Waals surface area contributed by atoms with Gasteiger partial charge >= 0.3 is 0 Å². The van der Waals surface area contributed by atoms with Crippen LogP contribution in [-0.4, -0.2) is 64.7 Å². The lowest BCUT2D eigenvalue weighted by molar-refractivity contribution is 0.0204. The molecule has 94 valence electrons. The van der Waals surface area contributed by atoms with Crippen molar-refractivity contribution in [2.45, 2.75) is 6.92 Å². The average molecular weight is 230 g/mol. The standard InChI is InChI=1S/C11H22N2O3/c1-3-13(5-4-12)6-7-15-10-11-16-9-8-14-2/h3,5-11H2,1-2H3. The van der Waals surface area contributed by atoms with E-state index in [1.807, 2.05) is 11.8 Å². The molecule has 0 aromatic heterocycles. The third kappa shape index (κ3) is 9.87. The molecule has 0 aromatic rings. The van der Waals surface area contributed by atoms with Crippen molar-refractivity contribution in [1.29, 1.82) is 5.26 Å². The normalized spacial score (nSPS) is 10.6. The molecule has 0 amide bonds. The summed E-state index contributed by atoms with van der Waals surface area (Å²) in [6.07, 6.45) is 0. The van der Waals surface area contributed by atoms with Gasteiger partial charge in [-0.25, -0.2) is 0 Å². The van der Waals surface area contributed by atoms with Crippen molar-refractivity contribution in [3.63, 3.8) is 0 Å². The van der Waals surface area contributed by atoms with Gasteiger partial charge < -0.3 is 14.2 Å². The van der Waals surface area contributed by atoms with Crippen LogP contribution in [0.25, 0.3) is 0 Å². The zero-order chi connectivity index (χ0) is 12.1. The van der Waals surface area contributed by atoms with Crippen molar-refractivity contribution in [3.8, 4) is 6.07 Å². The number of nitrogens with zero attached hydrogens (tertiary/aromatic N) is 2. The van der Waals surface area contributed by atoms with Crippen molar-refractivity contribution in [3.05, 3.63) is 0 Å². The lowest BCUT2D eigenvalue weighted by atomic mass is 10.5. The highest BCUT2D eigenvalue weighted by Gasteiger charge is 2.00. The molecule has 0 aliphatic carbocycles. The molecule has 0 aliphatic rings. The molecular formula is C11H22N2O3. The quantitative estimate of drug-likeness (QED) is 0.382. The SMILES string of the molecule is CCN(CC#N)CCOCCOCCOC. The molecule has 0 spiro atoms. The highest BCUT2D eigenvalue weighted by molar-refractivity contribution is 4.75. The Kier molecular flexibility index (Phi) is 11.9. The summed E-state index contributed by atoms with van der Waals surface area (Å²) in [5, 5.41) is 8.53. The van der Waals surface area contributed by atoms with Gasteiger partial charge in [0.05, 0.1) is 45.6 Å². The van der Waals surface area contributed by atoms with E-state index >= 15 is 0 Å². The second kappa shape index (κ2) is 12.4. The van der Waals surface area contributed by atoms with Gasteiger partial charge in [-0.15, -0.1) is 0 Å². The van der Waals surface area contributed by atoms with Gasteiger partial charge in [0.25, 0.3) is 0 Å². The molecule has 0 N–H and O–H groups in total. The lowest BCUT2D eigenvalue weighted by Gasteiger charge is -2.16. The van der Waals surface area contributed by atoms with Crippen molar-refractivity contribution in [2.24, 2.45) is 0 Å². The molecule has 5 nitrogen and oxygen atoms in total. The van der Waals surface area contributed by atoms with E-state index in [1.54, 1.807) is 7.11 Å². The first-order valence-corrected chi connectivity index (χ1v) is 5.58. The third-order valence-electron chi connectivity index (χ3n) is 2.10. The van der Waals surface area contributed by atoms with Gasteiger partial charge in [-0.1, -0.05) is 6.92 Å². The van der Waals surface area contributed by atoms with E-state index < -0.39 is 0 Å². The maximum atomic E-state index is 8.53. The summed E-state index contributed by atoms with van der Waals surface area (Å²) in [6.45, 7) is 7.21. The van der Waals surface area contributed by atoms with E-state index in [4.69, 9.17) is 19.5 Å². The summed E-state index contributed by atoms with van der Waals surface area (Å²) in [5.74, 6) is 0. The van der Waals surface area contributed by atoms with Crippen molar-refractivity contribution in [1.82, 2.24) is 4.90 Å². The molecular weight excluding hydrogens is 208 g/mol. The molecule has 0 radical (unpaired) electrons. The van der Waals surface area contributed by atoms with Crippen LogP contribution in [0.1, 0.15) is 6.92 Å². The summed E-state index contributed by atoms with van der Waals surface area (Å²) in [7, 11) is 1.65. The Hall–Kier alpha value is -0.670. The molecule has 16 heavy (non-hydrogen) atoms. The maximum Gasteiger partial charge on any atom is 0.0866 e. The first-order valence-electron chi connectivity index (χ1n) is 5.58. The van der Waals surface area contributed by atoms with Crippen LogP contribution in [0, 0.1) is 11.3 Å². The molecule has 0 rings (SSSR count). The van der Waals surface area contributed by atoms with E-state index in [9.17, 15) is 0 Å². The van der Waals surface area contributed by atoms with Crippen LogP contribution in [-0.2, 0) is 14.2 Å². The van der Waals surface area contributed by atoms with E-state index in [-0.39, 0.29) is 0 Å². The molecule has 0 heterocycles. The van der Waals surface area contributed by atoms with E-state index in [2.05, 4.69) is 6.07 Å². The van der Waals surface area contributed by atoms with Crippen molar-refractivity contribution in [2.75, 3.05) is 59.8 Å². The van der Waals surface area contributed by atoms with Crippen molar-refractivity contribution < 1.29 is 14.2 Å². The summed E-state index contributed by atoms with van der Waals surface area (Å²) in [6, 6.07) is 2.13. The molecule has 0 aromatic carbocycles. The average Bonchev–Trinajstić information content (AvgIpc) is 2.31. The van der Waals surface area contributed by atoms with Gasteiger partial charge in [0.2, 0.25) is 0 Å². The Balaban J connectivity index is 3.16. The monoisotopic (exact) mass is 230 g/mol. The number of rotatable bonds is 11. The van der Waals surface area contributed by atoms with Crippen LogP contribution in [0.15, 0.2) is 0 Å². The predicted octanol–water partition coefficient (Wildman–Crippen LogP) is 0.511. The smallest absolute Gasteiger partial charge is 0.0866 e. The largest absolute Gasteiger partial charge is 0.382 e. The number of methoxy groups -OCH3 is 1. The molecule has 5 heteroatoms. The zero-order valence-electron chi connectivity index (χ0n) is 10.3. The minimum absolute atomic E-state index is 0.462. The molecule has 0 atom stereocenters. The van der Waals surface area contributed by atoms with Gasteiger partial charge in [-0.3, -0.25) is 4.90 Å². The Labute approximate surface area is 97.9 Å². The van der Waals surface area contributed by atoms with E-state index in [0.29, 0.717) is 39.6 Å². The molecule has 0 aliphatic heterocycles. The van der Waals surface area contributed by atoms with Gasteiger partial charge in [-0.2, -0.15) is 5.26 Å². The summed E-state index contributed by atoms with van der Waals surface area (Å²) < 4.78 is 15.5. The molecule has 0 fully saturated rings. The fourth-order valence-electron chi connectivity index (χ4n) is 1.11. The second-order valence-electron chi connectivity index (χ2n) is 3.24. The van der Waals surface area contributed by atoms with Gasteiger partial charge in [-0.05, 0) is 6.54 Å². The summed E-state index contributed by atoms with van der Waals surface area (Å²) in [5.41, 5.74) is 0. The fourth-order valence-corrected chi connectivity index (χ4v) is 1.11. The fraction of sp³-hybridized carbons (Fsp3) is 0.909.